The van der Waals surface area contributed by atoms with Crippen molar-refractivity contribution in [3.8, 4) is 0 Å². The molecule has 8 nitrogen and oxygen atoms in total. The summed E-state index contributed by atoms with van der Waals surface area (Å²) in [6, 6.07) is 0. The van der Waals surface area contributed by atoms with E-state index in [1.807, 2.05) is 0 Å². The molecule has 126 valence electrons. The second-order valence-electron chi connectivity index (χ2n) is 6.88. The lowest BCUT2D eigenvalue weighted by atomic mass is 10.00. The first-order chi connectivity index (χ1) is 10.8. The highest BCUT2D eigenvalue weighted by Gasteiger charge is 2.33. The average Bonchev–Trinajstić information content (AvgIpc) is 2.93. The van der Waals surface area contributed by atoms with Crippen molar-refractivity contribution in [2.45, 2.75) is 45.4 Å². The summed E-state index contributed by atoms with van der Waals surface area (Å²) in [5, 5.41) is 10.3. The maximum Gasteiger partial charge on any atom is 0.263 e. The van der Waals surface area contributed by atoms with Crippen molar-refractivity contribution < 1.29 is 4.74 Å². The minimum Gasteiger partial charge on any atom is -0.373 e. The summed E-state index contributed by atoms with van der Waals surface area (Å²) in [5.41, 5.74) is 0.203. The Morgan fingerprint density at radius 3 is 2.78 bits per heavy atom. The van der Waals surface area contributed by atoms with Gasteiger partial charge in [-0.2, -0.15) is 10.1 Å². The van der Waals surface area contributed by atoms with E-state index in [1.165, 1.54) is 6.20 Å². The molecule has 1 aliphatic rings. The quantitative estimate of drug-likeness (QED) is 0.775. The number of anilines is 1. The molecule has 2 unspecified atom stereocenters. The lowest BCUT2D eigenvalue weighted by Crippen LogP contribution is -2.57. The lowest BCUT2D eigenvalue weighted by Gasteiger charge is -2.45. The predicted octanol–water partition coefficient (Wildman–Crippen LogP) is 0.946. The Morgan fingerprint density at radius 1 is 1.39 bits per heavy atom. The van der Waals surface area contributed by atoms with Crippen molar-refractivity contribution in [3.63, 3.8) is 0 Å². The van der Waals surface area contributed by atoms with Crippen LogP contribution in [-0.2, 0) is 4.74 Å². The summed E-state index contributed by atoms with van der Waals surface area (Å²) in [6.45, 7) is 11.0. The number of H-pyrrole nitrogens is 2. The van der Waals surface area contributed by atoms with Gasteiger partial charge in [0.15, 0.2) is 5.65 Å². The number of morpholine rings is 1. The van der Waals surface area contributed by atoms with E-state index in [1.54, 1.807) is 0 Å². The summed E-state index contributed by atoms with van der Waals surface area (Å²) >= 11 is 0. The molecule has 0 amide bonds. The Labute approximate surface area is 134 Å². The average molecular weight is 320 g/mol. The molecule has 1 fully saturated rings. The Hall–Kier alpha value is -1.93. The van der Waals surface area contributed by atoms with Crippen LogP contribution in [0.5, 0.6) is 0 Å². The molecular formula is C15H24N6O2. The van der Waals surface area contributed by atoms with Crippen LogP contribution in [0.1, 0.15) is 27.7 Å². The van der Waals surface area contributed by atoms with Gasteiger partial charge in [0.25, 0.3) is 5.56 Å². The van der Waals surface area contributed by atoms with Crippen molar-refractivity contribution >= 4 is 17.0 Å². The first-order valence-corrected chi connectivity index (χ1v) is 7.93. The van der Waals surface area contributed by atoms with E-state index in [0.29, 0.717) is 23.5 Å². The van der Waals surface area contributed by atoms with Gasteiger partial charge in [-0.05, 0) is 27.7 Å². The zero-order valence-corrected chi connectivity index (χ0v) is 14.0. The van der Waals surface area contributed by atoms with Crippen molar-refractivity contribution in [1.82, 2.24) is 25.1 Å². The highest BCUT2D eigenvalue weighted by atomic mass is 16.5. The van der Waals surface area contributed by atoms with Crippen LogP contribution in [0, 0.1) is 0 Å². The second-order valence-corrected chi connectivity index (χ2v) is 6.88. The summed E-state index contributed by atoms with van der Waals surface area (Å²) in [4.78, 5) is 21.5. The zero-order valence-electron chi connectivity index (χ0n) is 14.0. The largest absolute Gasteiger partial charge is 0.373 e. The van der Waals surface area contributed by atoms with Gasteiger partial charge in [-0.15, -0.1) is 0 Å². The van der Waals surface area contributed by atoms with Gasteiger partial charge in [0, 0.05) is 25.2 Å². The Morgan fingerprint density at radius 2 is 2.09 bits per heavy atom. The molecule has 0 saturated carbocycles. The maximum atomic E-state index is 12.0. The third-order valence-corrected chi connectivity index (χ3v) is 4.28. The second kappa shape index (κ2) is 5.93. The van der Waals surface area contributed by atoms with Crippen LogP contribution in [0.2, 0.25) is 0 Å². The molecule has 3 heterocycles. The SMILES string of the molecule is CC1CN(C(C)(C)CNc2nc3[nH]ncc3c(=O)[nH]2)CC(C)O1. The minimum absolute atomic E-state index is 0.0895. The molecule has 8 heteroatoms. The molecule has 2 aromatic heterocycles. The van der Waals surface area contributed by atoms with E-state index in [0.717, 1.165) is 13.1 Å². The summed E-state index contributed by atoms with van der Waals surface area (Å²) < 4.78 is 5.80. The van der Waals surface area contributed by atoms with E-state index in [9.17, 15) is 4.79 Å². The Balaban J connectivity index is 1.71. The summed E-state index contributed by atoms with van der Waals surface area (Å²) in [5.74, 6) is 0.453. The molecule has 0 aromatic carbocycles. The first kappa shape index (κ1) is 15.9. The number of hydrogen-bond donors (Lipinski definition) is 3. The number of aromatic nitrogens is 4. The van der Waals surface area contributed by atoms with Crippen LogP contribution in [0.25, 0.3) is 11.0 Å². The van der Waals surface area contributed by atoms with E-state index >= 15 is 0 Å². The first-order valence-electron chi connectivity index (χ1n) is 7.93. The van der Waals surface area contributed by atoms with Gasteiger partial charge in [0.2, 0.25) is 5.95 Å². The molecule has 0 aliphatic carbocycles. The Kier molecular flexibility index (Phi) is 4.11. The highest BCUT2D eigenvalue weighted by Crippen LogP contribution is 2.21. The zero-order chi connectivity index (χ0) is 16.6. The van der Waals surface area contributed by atoms with Crippen LogP contribution in [0.15, 0.2) is 11.0 Å². The fraction of sp³-hybridized carbons (Fsp3) is 0.667. The number of rotatable bonds is 4. The van der Waals surface area contributed by atoms with Gasteiger partial charge < -0.3 is 10.1 Å². The van der Waals surface area contributed by atoms with Crippen molar-refractivity contribution in [2.24, 2.45) is 0 Å². The standard InChI is InChI=1S/C15H24N6O2/c1-9-6-21(7-10(2)23-9)15(3,4)8-16-14-18-12-11(5-17-20-12)13(22)19-14/h5,9-10H,6-8H2,1-4H3,(H3,16,17,18,19,20,22). The molecule has 0 spiro atoms. The highest BCUT2D eigenvalue weighted by molar-refractivity contribution is 5.73. The van der Waals surface area contributed by atoms with Crippen molar-refractivity contribution in [3.05, 3.63) is 16.6 Å². The lowest BCUT2D eigenvalue weighted by molar-refractivity contribution is -0.0933. The third kappa shape index (κ3) is 3.37. The number of aromatic amines is 2. The molecule has 2 atom stereocenters. The van der Waals surface area contributed by atoms with E-state index in [-0.39, 0.29) is 23.3 Å². The summed E-state index contributed by atoms with van der Waals surface area (Å²) in [7, 11) is 0. The van der Waals surface area contributed by atoms with E-state index < -0.39 is 0 Å². The van der Waals surface area contributed by atoms with Gasteiger partial charge in [0.1, 0.15) is 5.39 Å². The number of ether oxygens (including phenoxy) is 1. The fourth-order valence-electron chi connectivity index (χ4n) is 3.01. The molecule has 2 aromatic rings. The Bertz CT molecular complexity index is 727. The molecule has 3 N–H and O–H groups in total. The molecule has 1 saturated heterocycles. The molecule has 0 radical (unpaired) electrons. The molecular weight excluding hydrogens is 296 g/mol. The van der Waals surface area contributed by atoms with Gasteiger partial charge >= 0.3 is 0 Å². The number of nitrogens with one attached hydrogen (secondary N) is 3. The number of hydrogen-bond acceptors (Lipinski definition) is 6. The van der Waals surface area contributed by atoms with Crippen LogP contribution >= 0.6 is 0 Å². The molecule has 0 bridgehead atoms. The predicted molar refractivity (Wildman–Crippen MR) is 88.7 cm³/mol. The smallest absolute Gasteiger partial charge is 0.263 e. The van der Waals surface area contributed by atoms with Crippen LogP contribution < -0.4 is 10.9 Å². The van der Waals surface area contributed by atoms with Gasteiger partial charge in [-0.25, -0.2) is 0 Å². The molecule has 3 rings (SSSR count). The van der Waals surface area contributed by atoms with Gasteiger partial charge in [0.05, 0.1) is 18.4 Å². The fourth-order valence-corrected chi connectivity index (χ4v) is 3.01. The topological polar surface area (TPSA) is 98.9 Å². The molecule has 1 aliphatic heterocycles. The number of fused-ring (bicyclic) bond motifs is 1. The van der Waals surface area contributed by atoms with Crippen molar-refractivity contribution in [1.29, 1.82) is 0 Å². The van der Waals surface area contributed by atoms with Crippen LogP contribution in [0.4, 0.5) is 5.95 Å². The van der Waals surface area contributed by atoms with Crippen LogP contribution in [-0.4, -0.2) is 62.4 Å². The van der Waals surface area contributed by atoms with E-state index in [4.69, 9.17) is 4.74 Å². The van der Waals surface area contributed by atoms with E-state index in [2.05, 4.69) is 58.1 Å². The minimum atomic E-state index is -0.197. The summed E-state index contributed by atoms with van der Waals surface area (Å²) in [6.07, 6.45) is 1.92. The normalized spacial score (nSPS) is 23.3. The van der Waals surface area contributed by atoms with Crippen LogP contribution in [0.3, 0.4) is 0 Å². The van der Waals surface area contributed by atoms with Gasteiger partial charge in [-0.3, -0.25) is 19.8 Å². The molecule has 23 heavy (non-hydrogen) atoms. The van der Waals surface area contributed by atoms with Gasteiger partial charge in [-0.1, -0.05) is 0 Å². The monoisotopic (exact) mass is 320 g/mol. The maximum absolute atomic E-state index is 12.0. The van der Waals surface area contributed by atoms with Crippen molar-refractivity contribution in [2.75, 3.05) is 25.0 Å². The third-order valence-electron chi connectivity index (χ3n) is 4.28. The number of nitrogens with zero attached hydrogens (tertiary/aromatic N) is 3.